The lowest BCUT2D eigenvalue weighted by atomic mass is 9.78. The first-order chi connectivity index (χ1) is 8.61. The van der Waals surface area contributed by atoms with Crippen molar-refractivity contribution in [2.24, 2.45) is 5.92 Å². The highest BCUT2D eigenvalue weighted by molar-refractivity contribution is 6.31. The van der Waals surface area contributed by atoms with E-state index in [1.54, 1.807) is 0 Å². The van der Waals surface area contributed by atoms with Crippen LogP contribution >= 0.6 is 11.6 Å². The van der Waals surface area contributed by atoms with Gasteiger partial charge in [0.05, 0.1) is 6.10 Å². The van der Waals surface area contributed by atoms with Gasteiger partial charge in [0.25, 0.3) is 0 Å². The van der Waals surface area contributed by atoms with E-state index in [1.807, 2.05) is 18.2 Å². The monoisotopic (exact) mass is 267 g/mol. The van der Waals surface area contributed by atoms with Crippen molar-refractivity contribution < 1.29 is 5.11 Å². The number of halogens is 1. The van der Waals surface area contributed by atoms with Gasteiger partial charge < -0.3 is 10.0 Å². The van der Waals surface area contributed by atoms with Gasteiger partial charge in [-0.15, -0.1) is 0 Å². The third-order valence-electron chi connectivity index (χ3n) is 3.97. The van der Waals surface area contributed by atoms with E-state index in [0.717, 1.165) is 29.8 Å². The van der Waals surface area contributed by atoms with Crippen LogP contribution in [0.2, 0.25) is 5.02 Å². The van der Waals surface area contributed by atoms with Crippen molar-refractivity contribution in [2.45, 2.75) is 37.8 Å². The molecule has 0 amide bonds. The summed E-state index contributed by atoms with van der Waals surface area (Å²) >= 11 is 6.32. The Morgan fingerprint density at radius 2 is 1.89 bits per heavy atom. The van der Waals surface area contributed by atoms with Crippen molar-refractivity contribution in [3.63, 3.8) is 0 Å². The summed E-state index contributed by atoms with van der Waals surface area (Å²) in [6.45, 7) is 0. The second kappa shape index (κ2) is 6.05. The van der Waals surface area contributed by atoms with E-state index >= 15 is 0 Å². The molecule has 0 aliphatic heterocycles. The van der Waals surface area contributed by atoms with Gasteiger partial charge in [0, 0.05) is 17.0 Å². The molecule has 100 valence electrons. The van der Waals surface area contributed by atoms with Crippen molar-refractivity contribution >= 4 is 11.6 Å². The van der Waals surface area contributed by atoms with Crippen LogP contribution < -0.4 is 0 Å². The molecule has 0 bridgehead atoms. The first-order valence-corrected chi connectivity index (χ1v) is 7.08. The van der Waals surface area contributed by atoms with E-state index in [2.05, 4.69) is 25.1 Å². The molecule has 1 N–H and O–H groups in total. The molecule has 1 aromatic rings. The molecule has 0 saturated heterocycles. The van der Waals surface area contributed by atoms with Crippen LogP contribution in [0.1, 0.15) is 37.3 Å². The van der Waals surface area contributed by atoms with Crippen molar-refractivity contribution in [3.8, 4) is 0 Å². The Hall–Kier alpha value is -0.570. The number of hydrogen-bond donors (Lipinski definition) is 1. The second-order valence-corrected chi connectivity index (χ2v) is 5.85. The predicted molar refractivity (Wildman–Crippen MR) is 75.8 cm³/mol. The van der Waals surface area contributed by atoms with Crippen LogP contribution in [0.4, 0.5) is 0 Å². The first-order valence-electron chi connectivity index (χ1n) is 6.70. The standard InChI is InChI=1S/C15H22ClNO/c1-17(2)15(11-7-3-5-9-13(11)16)12-8-4-6-10-14(12)18/h3,5,7,9,12,14-15,18H,4,6,8,10H2,1-2H3. The molecule has 0 aromatic heterocycles. The largest absolute Gasteiger partial charge is 0.393 e. The molecule has 3 unspecified atom stereocenters. The van der Waals surface area contributed by atoms with E-state index in [9.17, 15) is 5.11 Å². The maximum Gasteiger partial charge on any atom is 0.0586 e. The molecule has 2 nitrogen and oxygen atoms in total. The molecule has 3 heteroatoms. The highest BCUT2D eigenvalue weighted by atomic mass is 35.5. The molecule has 0 spiro atoms. The summed E-state index contributed by atoms with van der Waals surface area (Å²) in [5, 5.41) is 11.1. The van der Waals surface area contributed by atoms with E-state index < -0.39 is 0 Å². The van der Waals surface area contributed by atoms with Crippen LogP contribution in [-0.4, -0.2) is 30.2 Å². The molecular formula is C15H22ClNO. The quantitative estimate of drug-likeness (QED) is 0.906. The van der Waals surface area contributed by atoms with Gasteiger partial charge in [-0.25, -0.2) is 0 Å². The van der Waals surface area contributed by atoms with Crippen LogP contribution in [0, 0.1) is 5.92 Å². The molecule has 1 aliphatic rings. The molecular weight excluding hydrogens is 246 g/mol. The minimum Gasteiger partial charge on any atom is -0.393 e. The highest BCUT2D eigenvalue weighted by Crippen LogP contribution is 2.39. The van der Waals surface area contributed by atoms with Gasteiger partial charge in [0.15, 0.2) is 0 Å². The molecule has 1 saturated carbocycles. The second-order valence-electron chi connectivity index (χ2n) is 5.45. The summed E-state index contributed by atoms with van der Waals surface area (Å²) in [5.41, 5.74) is 1.13. The number of nitrogens with zero attached hydrogens (tertiary/aromatic N) is 1. The predicted octanol–water partition coefficient (Wildman–Crippen LogP) is 3.49. The smallest absolute Gasteiger partial charge is 0.0586 e. The topological polar surface area (TPSA) is 23.5 Å². The van der Waals surface area contributed by atoms with Crippen molar-refractivity contribution in [3.05, 3.63) is 34.9 Å². The normalized spacial score (nSPS) is 26.3. The molecule has 0 radical (unpaired) electrons. The average Bonchev–Trinajstić information content (AvgIpc) is 2.34. The Balaban J connectivity index is 2.31. The third kappa shape index (κ3) is 2.87. The Bertz CT molecular complexity index is 394. The van der Waals surface area contributed by atoms with Gasteiger partial charge in [0.2, 0.25) is 0 Å². The Labute approximate surface area is 115 Å². The summed E-state index contributed by atoms with van der Waals surface area (Å²) in [7, 11) is 4.13. The van der Waals surface area contributed by atoms with E-state index in [0.29, 0.717) is 0 Å². The van der Waals surface area contributed by atoms with Gasteiger partial charge in [-0.2, -0.15) is 0 Å². The maximum absolute atomic E-state index is 10.3. The zero-order valence-corrected chi connectivity index (χ0v) is 11.9. The SMILES string of the molecule is CN(C)C(c1ccccc1Cl)C1CCCCC1O. The zero-order valence-electron chi connectivity index (χ0n) is 11.1. The molecule has 3 atom stereocenters. The first kappa shape index (κ1) is 13.9. The van der Waals surface area contributed by atoms with Crippen LogP contribution in [0.15, 0.2) is 24.3 Å². The van der Waals surface area contributed by atoms with Gasteiger partial charge in [-0.3, -0.25) is 0 Å². The molecule has 1 aliphatic carbocycles. The van der Waals surface area contributed by atoms with Gasteiger partial charge >= 0.3 is 0 Å². The molecule has 1 fully saturated rings. The summed E-state index contributed by atoms with van der Waals surface area (Å²) in [6, 6.07) is 8.19. The van der Waals surface area contributed by atoms with Gasteiger partial charge in [-0.1, -0.05) is 42.6 Å². The van der Waals surface area contributed by atoms with Crippen LogP contribution in [0.25, 0.3) is 0 Å². The van der Waals surface area contributed by atoms with E-state index in [4.69, 9.17) is 11.6 Å². The fourth-order valence-electron chi connectivity index (χ4n) is 3.11. The zero-order chi connectivity index (χ0) is 13.1. The lowest BCUT2D eigenvalue weighted by molar-refractivity contribution is 0.0221. The Kier molecular flexibility index (Phi) is 4.66. The maximum atomic E-state index is 10.3. The van der Waals surface area contributed by atoms with Crippen molar-refractivity contribution in [2.75, 3.05) is 14.1 Å². The van der Waals surface area contributed by atoms with Crippen LogP contribution in [-0.2, 0) is 0 Å². The van der Waals surface area contributed by atoms with Crippen molar-refractivity contribution in [1.29, 1.82) is 0 Å². The van der Waals surface area contributed by atoms with E-state index in [1.165, 1.54) is 6.42 Å². The average molecular weight is 268 g/mol. The molecule has 18 heavy (non-hydrogen) atoms. The number of aliphatic hydroxyl groups is 1. The number of rotatable bonds is 3. The summed E-state index contributed by atoms with van der Waals surface area (Å²) in [6.07, 6.45) is 4.13. The number of aliphatic hydroxyl groups excluding tert-OH is 1. The Morgan fingerprint density at radius 3 is 2.50 bits per heavy atom. The Morgan fingerprint density at radius 1 is 1.22 bits per heavy atom. The van der Waals surface area contributed by atoms with Crippen molar-refractivity contribution in [1.82, 2.24) is 4.90 Å². The minimum atomic E-state index is -0.206. The highest BCUT2D eigenvalue weighted by Gasteiger charge is 2.33. The fourth-order valence-corrected chi connectivity index (χ4v) is 3.36. The molecule has 0 heterocycles. The summed E-state index contributed by atoms with van der Waals surface area (Å²) in [4.78, 5) is 2.18. The third-order valence-corrected chi connectivity index (χ3v) is 4.31. The molecule has 1 aromatic carbocycles. The number of hydrogen-bond acceptors (Lipinski definition) is 2. The van der Waals surface area contributed by atoms with Gasteiger partial charge in [0.1, 0.15) is 0 Å². The van der Waals surface area contributed by atoms with E-state index in [-0.39, 0.29) is 18.1 Å². The minimum absolute atomic E-state index is 0.203. The van der Waals surface area contributed by atoms with Gasteiger partial charge in [-0.05, 0) is 38.6 Å². The van der Waals surface area contributed by atoms with Crippen LogP contribution in [0.5, 0.6) is 0 Å². The number of benzene rings is 1. The molecule has 2 rings (SSSR count). The lowest BCUT2D eigenvalue weighted by Crippen LogP contribution is -2.36. The fraction of sp³-hybridized carbons (Fsp3) is 0.600. The lowest BCUT2D eigenvalue weighted by Gasteiger charge is -2.38. The summed E-state index contributed by atoms with van der Waals surface area (Å²) < 4.78 is 0. The summed E-state index contributed by atoms with van der Waals surface area (Å²) in [5.74, 6) is 0.286. The van der Waals surface area contributed by atoms with Crippen LogP contribution in [0.3, 0.4) is 0 Å².